The van der Waals surface area contributed by atoms with Gasteiger partial charge >= 0.3 is 5.97 Å². The molecule has 0 amide bonds. The average molecular weight is 533 g/mol. The molecule has 5 nitrogen and oxygen atoms in total. The number of rotatable bonds is 7. The van der Waals surface area contributed by atoms with Crippen molar-refractivity contribution >= 4 is 23.0 Å². The number of anilines is 3. The van der Waals surface area contributed by atoms with Crippen LogP contribution in [-0.2, 0) is 10.3 Å². The fraction of sp³-hybridized carbons (Fsp3) is 0.286. The summed E-state index contributed by atoms with van der Waals surface area (Å²) in [7, 11) is 0. The van der Waals surface area contributed by atoms with Crippen molar-refractivity contribution in [2.75, 3.05) is 23.3 Å². The van der Waals surface area contributed by atoms with Gasteiger partial charge in [-0.3, -0.25) is 0 Å². The van der Waals surface area contributed by atoms with Crippen LogP contribution in [0.5, 0.6) is 11.5 Å². The molecule has 1 atom stereocenters. The first kappa shape index (κ1) is 26.0. The summed E-state index contributed by atoms with van der Waals surface area (Å²) in [6, 6.07) is 24.6. The molecule has 0 aromatic heterocycles. The van der Waals surface area contributed by atoms with Gasteiger partial charge in [0, 0.05) is 52.9 Å². The molecule has 0 bridgehead atoms. The van der Waals surface area contributed by atoms with Crippen molar-refractivity contribution in [3.63, 3.8) is 0 Å². The number of nitrogens with one attached hydrogen (secondary N) is 1. The molecule has 5 heteroatoms. The molecule has 204 valence electrons. The van der Waals surface area contributed by atoms with Crippen molar-refractivity contribution < 1.29 is 14.3 Å². The van der Waals surface area contributed by atoms with Crippen LogP contribution >= 0.6 is 0 Å². The Morgan fingerprint density at radius 3 is 2.23 bits per heavy atom. The van der Waals surface area contributed by atoms with Crippen molar-refractivity contribution in [2.24, 2.45) is 0 Å². The maximum absolute atomic E-state index is 13.3. The van der Waals surface area contributed by atoms with E-state index in [4.69, 9.17) is 9.47 Å². The van der Waals surface area contributed by atoms with Crippen molar-refractivity contribution in [3.05, 3.63) is 112 Å². The zero-order chi connectivity index (χ0) is 28.0. The number of carbonyl (C=O) groups is 1. The summed E-state index contributed by atoms with van der Waals surface area (Å²) in [5, 5.41) is 3.63. The highest BCUT2D eigenvalue weighted by Gasteiger charge is 2.53. The zero-order valence-corrected chi connectivity index (χ0v) is 23.9. The highest BCUT2D eigenvalue weighted by Crippen LogP contribution is 2.57. The third-order valence-electron chi connectivity index (χ3n) is 8.05. The number of carbonyl (C=O) groups excluding carboxylic acids is 1. The van der Waals surface area contributed by atoms with E-state index in [0.717, 1.165) is 71.0 Å². The normalized spacial score (nSPS) is 16.6. The Kier molecular flexibility index (Phi) is 6.53. The van der Waals surface area contributed by atoms with Crippen LogP contribution in [0.3, 0.4) is 0 Å². The van der Waals surface area contributed by atoms with Gasteiger partial charge in [-0.05, 0) is 81.1 Å². The number of benzene rings is 4. The van der Waals surface area contributed by atoms with Gasteiger partial charge in [0.25, 0.3) is 0 Å². The molecular weight excluding hydrogens is 496 g/mol. The third kappa shape index (κ3) is 4.12. The lowest BCUT2D eigenvalue weighted by molar-refractivity contribution is 0.0224. The Bertz CT molecular complexity index is 1620. The van der Waals surface area contributed by atoms with Crippen molar-refractivity contribution in [1.29, 1.82) is 0 Å². The number of nitrogens with zero attached hydrogens (tertiary/aromatic N) is 1. The summed E-state index contributed by atoms with van der Waals surface area (Å²) in [5.41, 5.74) is 8.55. The molecule has 2 aliphatic heterocycles. The van der Waals surface area contributed by atoms with Gasteiger partial charge in [-0.15, -0.1) is 0 Å². The number of aryl methyl sites for hydroxylation is 3. The first-order valence-corrected chi connectivity index (χ1v) is 14.2. The molecule has 4 aromatic carbocycles. The summed E-state index contributed by atoms with van der Waals surface area (Å²) < 4.78 is 13.1. The molecule has 4 aromatic rings. The molecule has 0 aliphatic carbocycles. The second kappa shape index (κ2) is 10.1. The smallest absolute Gasteiger partial charge is 0.340 e. The maximum Gasteiger partial charge on any atom is 0.340 e. The van der Waals surface area contributed by atoms with E-state index in [9.17, 15) is 4.79 Å². The third-order valence-corrected chi connectivity index (χ3v) is 8.05. The number of ether oxygens (including phenoxy) is 2. The van der Waals surface area contributed by atoms with Crippen LogP contribution in [0, 0.1) is 20.8 Å². The van der Waals surface area contributed by atoms with Gasteiger partial charge in [0.1, 0.15) is 11.5 Å². The lowest BCUT2D eigenvalue weighted by atomic mass is 9.77. The SMILES string of the molecule is CCCN(CCC)c1ccc2c(c1)Oc1cc(C)c(Nc3ccc(C)cc3C)cc1C21OC(=O)c2ccccc21. The van der Waals surface area contributed by atoms with Gasteiger partial charge in [-0.2, -0.15) is 0 Å². The Labute approximate surface area is 236 Å². The van der Waals surface area contributed by atoms with Gasteiger partial charge in [0.15, 0.2) is 5.60 Å². The molecule has 0 saturated carbocycles. The molecule has 1 spiro atoms. The number of hydrogen-bond donors (Lipinski definition) is 1. The number of esters is 1. The minimum absolute atomic E-state index is 0.318. The Morgan fingerprint density at radius 1 is 0.750 bits per heavy atom. The van der Waals surface area contributed by atoms with Gasteiger partial charge in [-0.25, -0.2) is 4.79 Å². The molecule has 0 radical (unpaired) electrons. The summed E-state index contributed by atoms with van der Waals surface area (Å²) in [4.78, 5) is 15.7. The predicted octanol–water partition coefficient (Wildman–Crippen LogP) is 8.55. The first-order chi connectivity index (χ1) is 19.3. The second-order valence-corrected chi connectivity index (χ2v) is 11.0. The van der Waals surface area contributed by atoms with Crippen molar-refractivity contribution in [3.8, 4) is 11.5 Å². The molecule has 1 N–H and O–H groups in total. The molecule has 6 rings (SSSR count). The fourth-order valence-electron chi connectivity index (χ4n) is 6.15. The van der Waals surface area contributed by atoms with Crippen LogP contribution in [0.15, 0.2) is 72.8 Å². The van der Waals surface area contributed by atoms with Crippen LogP contribution in [-0.4, -0.2) is 19.1 Å². The topological polar surface area (TPSA) is 50.8 Å². The van der Waals surface area contributed by atoms with Crippen LogP contribution in [0.1, 0.15) is 70.4 Å². The molecule has 40 heavy (non-hydrogen) atoms. The molecule has 1 unspecified atom stereocenters. The molecule has 0 fully saturated rings. The monoisotopic (exact) mass is 532 g/mol. The van der Waals surface area contributed by atoms with E-state index in [-0.39, 0.29) is 5.97 Å². The maximum atomic E-state index is 13.3. The predicted molar refractivity (Wildman–Crippen MR) is 161 cm³/mol. The highest BCUT2D eigenvalue weighted by molar-refractivity contribution is 5.97. The standard InChI is InChI=1S/C35H36N2O3/c1-6-16-37(17-7-2)25-13-14-28-33(20-25)39-32-19-24(5)31(36-30-15-12-22(3)18-23(30)4)21-29(32)35(28)27-11-9-8-10-26(27)34(38)40-35/h8-15,18-21,36H,6-7,16-17H2,1-5H3. The molecule has 2 aliphatic rings. The molecular formula is C35H36N2O3. The summed E-state index contributed by atoms with van der Waals surface area (Å²) >= 11 is 0. The Hall–Kier alpha value is -4.25. The minimum atomic E-state index is -1.10. The lowest BCUT2D eigenvalue weighted by Gasteiger charge is -2.38. The summed E-state index contributed by atoms with van der Waals surface area (Å²) in [6.45, 7) is 12.6. The second-order valence-electron chi connectivity index (χ2n) is 11.0. The highest BCUT2D eigenvalue weighted by atomic mass is 16.6. The van der Waals surface area contributed by atoms with E-state index in [1.54, 1.807) is 0 Å². The van der Waals surface area contributed by atoms with Gasteiger partial charge in [0.05, 0.1) is 5.56 Å². The van der Waals surface area contributed by atoms with Crippen molar-refractivity contribution in [2.45, 2.75) is 53.1 Å². The summed E-state index contributed by atoms with van der Waals surface area (Å²) in [5.74, 6) is 1.11. The molecule has 0 saturated heterocycles. The Morgan fingerprint density at radius 2 is 1.48 bits per heavy atom. The van der Waals surface area contributed by atoms with Gasteiger partial charge in [0.2, 0.25) is 0 Å². The van der Waals surface area contributed by atoms with Crippen LogP contribution < -0.4 is 15.0 Å². The van der Waals surface area contributed by atoms with Crippen LogP contribution in [0.25, 0.3) is 0 Å². The van der Waals surface area contributed by atoms with Crippen molar-refractivity contribution in [1.82, 2.24) is 0 Å². The van der Waals surface area contributed by atoms with E-state index >= 15 is 0 Å². The summed E-state index contributed by atoms with van der Waals surface area (Å²) in [6.07, 6.45) is 2.12. The molecule has 2 heterocycles. The van der Waals surface area contributed by atoms with E-state index in [1.165, 1.54) is 11.1 Å². The zero-order valence-electron chi connectivity index (χ0n) is 23.9. The lowest BCUT2D eigenvalue weighted by Crippen LogP contribution is -2.33. The minimum Gasteiger partial charge on any atom is -0.456 e. The van der Waals surface area contributed by atoms with Gasteiger partial charge < -0.3 is 19.7 Å². The largest absolute Gasteiger partial charge is 0.456 e. The average Bonchev–Trinajstić information content (AvgIpc) is 3.23. The quantitative estimate of drug-likeness (QED) is 0.242. The van der Waals surface area contributed by atoms with E-state index in [0.29, 0.717) is 11.3 Å². The van der Waals surface area contributed by atoms with E-state index in [2.05, 4.69) is 93.4 Å². The van der Waals surface area contributed by atoms with E-state index < -0.39 is 5.60 Å². The van der Waals surface area contributed by atoms with E-state index in [1.807, 2.05) is 24.3 Å². The fourth-order valence-corrected chi connectivity index (χ4v) is 6.15. The van der Waals surface area contributed by atoms with Gasteiger partial charge in [-0.1, -0.05) is 49.7 Å². The van der Waals surface area contributed by atoms with Crippen LogP contribution in [0.4, 0.5) is 17.1 Å². The van der Waals surface area contributed by atoms with Crippen LogP contribution in [0.2, 0.25) is 0 Å². The first-order valence-electron chi connectivity index (χ1n) is 14.2. The Balaban J connectivity index is 1.54. The number of hydrogen-bond acceptors (Lipinski definition) is 5. The number of fused-ring (bicyclic) bond motifs is 6.